The van der Waals surface area contributed by atoms with Crippen molar-refractivity contribution in [1.82, 2.24) is 9.88 Å². The van der Waals surface area contributed by atoms with Crippen molar-refractivity contribution in [2.24, 2.45) is 0 Å². The topological polar surface area (TPSA) is 62.3 Å². The van der Waals surface area contributed by atoms with Crippen LogP contribution in [-0.4, -0.2) is 28.2 Å². The molecule has 0 fully saturated rings. The van der Waals surface area contributed by atoms with Crippen LogP contribution in [0.3, 0.4) is 0 Å². The summed E-state index contributed by atoms with van der Waals surface area (Å²) in [6.07, 6.45) is 3.25. The van der Waals surface area contributed by atoms with Crippen molar-refractivity contribution in [2.75, 3.05) is 11.9 Å². The Morgan fingerprint density at radius 3 is 2.50 bits per heavy atom. The van der Waals surface area contributed by atoms with Crippen LogP contribution in [0, 0.1) is 11.6 Å². The Labute approximate surface area is 138 Å². The average molecular weight is 333 g/mol. The van der Waals surface area contributed by atoms with Gasteiger partial charge in [-0.15, -0.1) is 0 Å². The molecule has 2 rings (SSSR count). The van der Waals surface area contributed by atoms with Gasteiger partial charge < -0.3 is 10.2 Å². The van der Waals surface area contributed by atoms with Crippen LogP contribution in [0.15, 0.2) is 42.7 Å². The van der Waals surface area contributed by atoms with Gasteiger partial charge in [0.25, 0.3) is 0 Å². The van der Waals surface area contributed by atoms with E-state index in [-0.39, 0.29) is 24.6 Å². The van der Waals surface area contributed by atoms with Crippen LogP contribution in [0.2, 0.25) is 0 Å². The molecule has 2 aromatic rings. The van der Waals surface area contributed by atoms with E-state index in [4.69, 9.17) is 0 Å². The molecule has 126 valence electrons. The highest BCUT2D eigenvalue weighted by Gasteiger charge is 2.13. The number of nitrogens with zero attached hydrogens (tertiary/aromatic N) is 2. The maximum absolute atomic E-state index is 13.5. The van der Waals surface area contributed by atoms with Crippen molar-refractivity contribution in [3.63, 3.8) is 0 Å². The van der Waals surface area contributed by atoms with Crippen LogP contribution in [0.25, 0.3) is 0 Å². The number of carbonyl (C=O) groups excluding carboxylic acids is 2. The molecule has 0 unspecified atom stereocenters. The number of hydrogen-bond donors (Lipinski definition) is 1. The first kappa shape index (κ1) is 17.5. The lowest BCUT2D eigenvalue weighted by molar-refractivity contribution is -0.129. The molecule has 0 spiro atoms. The maximum atomic E-state index is 13.5. The fourth-order valence-electron chi connectivity index (χ4n) is 2.10. The molecule has 1 aromatic carbocycles. The van der Waals surface area contributed by atoms with Crippen LogP contribution >= 0.6 is 0 Å². The van der Waals surface area contributed by atoms with Crippen LogP contribution < -0.4 is 5.32 Å². The number of amides is 2. The summed E-state index contributed by atoms with van der Waals surface area (Å²) in [7, 11) is 0. The molecular formula is C17H17F2N3O2. The molecule has 7 heteroatoms. The molecule has 0 aliphatic rings. The number of halogens is 2. The summed E-state index contributed by atoms with van der Waals surface area (Å²) in [5.74, 6) is -2.19. The highest BCUT2D eigenvalue weighted by molar-refractivity contribution is 5.91. The standard InChI is InChI=1S/C17H17F2N3O2/c1-12(23)22(11-13-4-7-20-8-5-13)9-6-17(24)21-16-3-2-14(18)10-15(16)19/h2-5,7-8,10H,6,9,11H2,1H3,(H,21,24). The highest BCUT2D eigenvalue weighted by atomic mass is 19.1. The van der Waals surface area contributed by atoms with Gasteiger partial charge in [-0.05, 0) is 29.8 Å². The summed E-state index contributed by atoms with van der Waals surface area (Å²) in [6, 6.07) is 6.47. The monoisotopic (exact) mass is 333 g/mol. The predicted octanol–water partition coefficient (Wildman–Crippen LogP) is 2.74. The highest BCUT2D eigenvalue weighted by Crippen LogP contribution is 2.15. The predicted molar refractivity (Wildman–Crippen MR) is 84.9 cm³/mol. The van der Waals surface area contributed by atoms with E-state index in [1.807, 2.05) is 0 Å². The maximum Gasteiger partial charge on any atom is 0.226 e. The molecule has 0 aliphatic carbocycles. The summed E-state index contributed by atoms with van der Waals surface area (Å²) in [4.78, 5) is 29.0. The summed E-state index contributed by atoms with van der Waals surface area (Å²) in [6.45, 7) is 1.96. The molecule has 0 aliphatic heterocycles. The Balaban J connectivity index is 1.91. The lowest BCUT2D eigenvalue weighted by Crippen LogP contribution is -2.31. The van der Waals surface area contributed by atoms with E-state index in [2.05, 4.69) is 10.3 Å². The Kier molecular flexibility index (Phi) is 5.95. The number of anilines is 1. The number of nitrogens with one attached hydrogen (secondary N) is 1. The van der Waals surface area contributed by atoms with E-state index in [1.54, 1.807) is 24.5 Å². The molecule has 2 amide bonds. The average Bonchev–Trinajstić information content (AvgIpc) is 2.55. The Morgan fingerprint density at radius 1 is 1.17 bits per heavy atom. The van der Waals surface area contributed by atoms with Crippen molar-refractivity contribution in [1.29, 1.82) is 0 Å². The molecule has 1 aromatic heterocycles. The first-order chi connectivity index (χ1) is 11.5. The van der Waals surface area contributed by atoms with Gasteiger partial charge >= 0.3 is 0 Å². The lowest BCUT2D eigenvalue weighted by Gasteiger charge is -2.21. The minimum Gasteiger partial charge on any atom is -0.338 e. The number of pyridine rings is 1. The second-order valence-corrected chi connectivity index (χ2v) is 5.22. The lowest BCUT2D eigenvalue weighted by atomic mass is 10.2. The minimum absolute atomic E-state index is 0.00147. The van der Waals surface area contributed by atoms with Crippen LogP contribution in [0.1, 0.15) is 18.9 Å². The van der Waals surface area contributed by atoms with Crippen LogP contribution in [0.5, 0.6) is 0 Å². The zero-order valence-corrected chi connectivity index (χ0v) is 13.1. The molecule has 0 saturated carbocycles. The van der Waals surface area contributed by atoms with Gasteiger partial charge in [-0.25, -0.2) is 8.78 Å². The van der Waals surface area contributed by atoms with Crippen molar-refractivity contribution in [2.45, 2.75) is 19.9 Å². The van der Waals surface area contributed by atoms with Crippen LogP contribution in [0.4, 0.5) is 14.5 Å². The molecule has 24 heavy (non-hydrogen) atoms. The zero-order valence-electron chi connectivity index (χ0n) is 13.1. The first-order valence-electron chi connectivity index (χ1n) is 7.35. The van der Waals surface area contributed by atoms with Gasteiger partial charge in [-0.2, -0.15) is 0 Å². The molecule has 1 heterocycles. The number of carbonyl (C=O) groups is 2. The fourth-order valence-corrected chi connectivity index (χ4v) is 2.10. The Hall–Kier alpha value is -2.83. The third kappa shape index (κ3) is 5.12. The van der Waals surface area contributed by atoms with Gasteiger partial charge in [0.2, 0.25) is 11.8 Å². The quantitative estimate of drug-likeness (QED) is 0.884. The number of rotatable bonds is 6. The first-order valence-corrected chi connectivity index (χ1v) is 7.35. The van der Waals surface area contributed by atoms with Crippen molar-refractivity contribution >= 4 is 17.5 Å². The summed E-state index contributed by atoms with van der Waals surface area (Å²) < 4.78 is 26.3. The van der Waals surface area contributed by atoms with Gasteiger partial charge in [0, 0.05) is 44.9 Å². The van der Waals surface area contributed by atoms with E-state index in [0.29, 0.717) is 12.6 Å². The Morgan fingerprint density at radius 2 is 1.88 bits per heavy atom. The van der Waals surface area contributed by atoms with Gasteiger partial charge in [0.15, 0.2) is 0 Å². The normalized spacial score (nSPS) is 10.3. The molecule has 0 saturated heterocycles. The van der Waals surface area contributed by atoms with Gasteiger partial charge in [0.1, 0.15) is 11.6 Å². The SMILES string of the molecule is CC(=O)N(CCC(=O)Nc1ccc(F)cc1F)Cc1ccncc1. The second kappa shape index (κ2) is 8.14. The smallest absolute Gasteiger partial charge is 0.226 e. The van der Waals surface area contributed by atoms with Gasteiger partial charge in [-0.1, -0.05) is 0 Å². The molecule has 0 atom stereocenters. The van der Waals surface area contributed by atoms with Gasteiger partial charge in [-0.3, -0.25) is 14.6 Å². The third-order valence-electron chi connectivity index (χ3n) is 3.38. The van der Waals surface area contributed by atoms with Crippen molar-refractivity contribution in [3.05, 3.63) is 59.9 Å². The molecule has 1 N–H and O–H groups in total. The summed E-state index contributed by atoms with van der Waals surface area (Å²) in [5, 5.41) is 2.37. The number of benzene rings is 1. The van der Waals surface area contributed by atoms with Gasteiger partial charge in [0.05, 0.1) is 5.69 Å². The van der Waals surface area contributed by atoms with E-state index < -0.39 is 17.5 Å². The fraction of sp³-hybridized carbons (Fsp3) is 0.235. The van der Waals surface area contributed by atoms with Crippen molar-refractivity contribution < 1.29 is 18.4 Å². The third-order valence-corrected chi connectivity index (χ3v) is 3.38. The molecule has 0 bridgehead atoms. The summed E-state index contributed by atoms with van der Waals surface area (Å²) in [5.41, 5.74) is 0.801. The molecule has 0 radical (unpaired) electrons. The minimum atomic E-state index is -0.844. The molecular weight excluding hydrogens is 316 g/mol. The van der Waals surface area contributed by atoms with E-state index >= 15 is 0 Å². The zero-order chi connectivity index (χ0) is 17.5. The summed E-state index contributed by atoms with van der Waals surface area (Å²) >= 11 is 0. The Bertz CT molecular complexity index is 723. The van der Waals surface area contributed by atoms with E-state index in [1.165, 1.54) is 11.8 Å². The van der Waals surface area contributed by atoms with Crippen LogP contribution in [-0.2, 0) is 16.1 Å². The number of aromatic nitrogens is 1. The van der Waals surface area contributed by atoms with Crippen molar-refractivity contribution in [3.8, 4) is 0 Å². The number of hydrogen-bond acceptors (Lipinski definition) is 3. The second-order valence-electron chi connectivity index (χ2n) is 5.22. The molecule has 5 nitrogen and oxygen atoms in total. The van der Waals surface area contributed by atoms with E-state index in [0.717, 1.165) is 17.7 Å². The largest absolute Gasteiger partial charge is 0.338 e. The van der Waals surface area contributed by atoms with E-state index in [9.17, 15) is 18.4 Å².